The van der Waals surface area contributed by atoms with Crippen LogP contribution in [0.4, 0.5) is 0 Å². The monoisotopic (exact) mass is 278 g/mol. The molecule has 1 aliphatic rings. The molecule has 0 N–H and O–H groups in total. The molecule has 3 rings (SSSR count). The SMILES string of the molecule is CC.Cc1ccccc1C1=CC(C)(Cc2ccccc2)C1. The third-order valence-electron chi connectivity index (χ3n) is 4.06. The highest BCUT2D eigenvalue weighted by Crippen LogP contribution is 2.46. The molecule has 0 radical (unpaired) electrons. The lowest BCUT2D eigenvalue weighted by atomic mass is 9.67. The molecule has 1 aliphatic carbocycles. The Bertz CT molecular complexity index is 607. The van der Waals surface area contributed by atoms with Crippen molar-refractivity contribution in [2.45, 2.75) is 40.5 Å². The van der Waals surface area contributed by atoms with Gasteiger partial charge in [0.05, 0.1) is 0 Å². The first-order valence-electron chi connectivity index (χ1n) is 7.98. The molecule has 1 unspecified atom stereocenters. The number of hydrogen-bond donors (Lipinski definition) is 0. The van der Waals surface area contributed by atoms with Gasteiger partial charge in [0.25, 0.3) is 0 Å². The van der Waals surface area contributed by atoms with E-state index in [0.717, 1.165) is 6.42 Å². The molecular weight excluding hydrogens is 252 g/mol. The Hall–Kier alpha value is -1.82. The smallest absolute Gasteiger partial charge is 0.00597 e. The van der Waals surface area contributed by atoms with Gasteiger partial charge >= 0.3 is 0 Å². The second-order valence-corrected chi connectivity index (χ2v) is 5.98. The molecule has 0 fully saturated rings. The normalized spacial score (nSPS) is 19.9. The molecule has 0 heterocycles. The first-order valence-corrected chi connectivity index (χ1v) is 7.98. The number of allylic oxidation sites excluding steroid dienone is 2. The van der Waals surface area contributed by atoms with Crippen molar-refractivity contribution in [3.63, 3.8) is 0 Å². The zero-order valence-corrected chi connectivity index (χ0v) is 13.7. The van der Waals surface area contributed by atoms with Gasteiger partial charge < -0.3 is 0 Å². The first-order chi connectivity index (χ1) is 10.2. The zero-order chi connectivity index (χ0) is 15.3. The number of aryl methyl sites for hydroxylation is 1. The Morgan fingerprint density at radius 2 is 1.48 bits per heavy atom. The van der Waals surface area contributed by atoms with Gasteiger partial charge in [-0.15, -0.1) is 0 Å². The van der Waals surface area contributed by atoms with Gasteiger partial charge in [-0.3, -0.25) is 0 Å². The molecule has 0 heteroatoms. The molecular formula is C21H26. The molecule has 0 aliphatic heterocycles. The van der Waals surface area contributed by atoms with Crippen molar-refractivity contribution in [2.75, 3.05) is 0 Å². The largest absolute Gasteiger partial charge is 0.0741 e. The Balaban J connectivity index is 0.000000774. The van der Waals surface area contributed by atoms with Crippen molar-refractivity contribution in [1.82, 2.24) is 0 Å². The Morgan fingerprint density at radius 1 is 0.905 bits per heavy atom. The number of hydrogen-bond acceptors (Lipinski definition) is 0. The van der Waals surface area contributed by atoms with Gasteiger partial charge in [-0.2, -0.15) is 0 Å². The highest BCUT2D eigenvalue weighted by Gasteiger charge is 2.32. The van der Waals surface area contributed by atoms with Crippen LogP contribution in [0.2, 0.25) is 0 Å². The van der Waals surface area contributed by atoms with Crippen LogP contribution in [0.3, 0.4) is 0 Å². The number of benzene rings is 2. The second kappa shape index (κ2) is 6.76. The maximum absolute atomic E-state index is 2.46. The minimum absolute atomic E-state index is 0.332. The quantitative estimate of drug-likeness (QED) is 0.640. The fourth-order valence-electron chi connectivity index (χ4n) is 3.11. The number of rotatable bonds is 3. The van der Waals surface area contributed by atoms with E-state index < -0.39 is 0 Å². The minimum atomic E-state index is 0.332. The molecule has 2 aromatic rings. The summed E-state index contributed by atoms with van der Waals surface area (Å²) in [6.07, 6.45) is 4.79. The van der Waals surface area contributed by atoms with Crippen LogP contribution in [-0.2, 0) is 6.42 Å². The molecule has 0 spiro atoms. The molecule has 110 valence electrons. The predicted octanol–water partition coefficient (Wildman–Crippen LogP) is 6.06. The molecule has 0 bridgehead atoms. The van der Waals surface area contributed by atoms with E-state index in [1.807, 2.05) is 13.8 Å². The van der Waals surface area contributed by atoms with E-state index in [0.29, 0.717) is 5.41 Å². The maximum Gasteiger partial charge on any atom is -0.00597 e. The van der Waals surface area contributed by atoms with Crippen molar-refractivity contribution in [2.24, 2.45) is 5.41 Å². The van der Waals surface area contributed by atoms with Gasteiger partial charge in [0.2, 0.25) is 0 Å². The minimum Gasteiger partial charge on any atom is -0.0741 e. The molecule has 0 amide bonds. The first kappa shape index (κ1) is 15.6. The van der Waals surface area contributed by atoms with E-state index in [9.17, 15) is 0 Å². The summed E-state index contributed by atoms with van der Waals surface area (Å²) < 4.78 is 0. The lowest BCUT2D eigenvalue weighted by molar-refractivity contribution is 0.403. The molecule has 0 nitrogen and oxygen atoms in total. The fourth-order valence-corrected chi connectivity index (χ4v) is 3.11. The highest BCUT2D eigenvalue weighted by atomic mass is 14.4. The average molecular weight is 278 g/mol. The average Bonchev–Trinajstić information content (AvgIpc) is 2.48. The van der Waals surface area contributed by atoms with Gasteiger partial charge in [0.1, 0.15) is 0 Å². The van der Waals surface area contributed by atoms with Gasteiger partial charge in [-0.25, -0.2) is 0 Å². The van der Waals surface area contributed by atoms with Crippen molar-refractivity contribution in [3.8, 4) is 0 Å². The summed E-state index contributed by atoms with van der Waals surface area (Å²) in [6, 6.07) is 19.5. The second-order valence-electron chi connectivity index (χ2n) is 5.98. The van der Waals surface area contributed by atoms with E-state index in [-0.39, 0.29) is 0 Å². The lowest BCUT2D eigenvalue weighted by Crippen LogP contribution is -2.25. The van der Waals surface area contributed by atoms with E-state index in [2.05, 4.69) is 74.5 Å². The fraction of sp³-hybridized carbons (Fsp3) is 0.333. The van der Waals surface area contributed by atoms with Crippen LogP contribution in [0.1, 0.15) is 43.9 Å². The van der Waals surface area contributed by atoms with Gasteiger partial charge in [-0.05, 0) is 47.4 Å². The van der Waals surface area contributed by atoms with Crippen molar-refractivity contribution in [3.05, 3.63) is 77.4 Å². The Morgan fingerprint density at radius 3 is 2.10 bits per heavy atom. The van der Waals surface area contributed by atoms with Crippen molar-refractivity contribution < 1.29 is 0 Å². The predicted molar refractivity (Wildman–Crippen MR) is 93.4 cm³/mol. The molecule has 2 aromatic carbocycles. The summed E-state index contributed by atoms with van der Waals surface area (Å²) in [6.45, 7) is 8.56. The molecule has 0 saturated carbocycles. The molecule has 1 atom stereocenters. The standard InChI is InChI=1S/C19H20.C2H6/c1-15-8-6-7-11-18(15)17-13-19(2,14-17)12-16-9-4-3-5-10-16;1-2/h3-11,13H,12,14H2,1-2H3;1-2H3. The van der Waals surface area contributed by atoms with Gasteiger partial charge in [0, 0.05) is 0 Å². The molecule has 0 saturated heterocycles. The topological polar surface area (TPSA) is 0 Å². The van der Waals surface area contributed by atoms with Crippen LogP contribution in [0.25, 0.3) is 5.57 Å². The lowest BCUT2D eigenvalue weighted by Gasteiger charge is -2.37. The van der Waals surface area contributed by atoms with Crippen LogP contribution in [0, 0.1) is 12.3 Å². The van der Waals surface area contributed by atoms with E-state index in [1.54, 1.807) is 0 Å². The van der Waals surface area contributed by atoms with Crippen LogP contribution in [0.5, 0.6) is 0 Å². The van der Waals surface area contributed by atoms with E-state index in [1.165, 1.54) is 28.7 Å². The van der Waals surface area contributed by atoms with Crippen molar-refractivity contribution >= 4 is 5.57 Å². The highest BCUT2D eigenvalue weighted by molar-refractivity contribution is 5.74. The summed E-state index contributed by atoms with van der Waals surface area (Å²) in [4.78, 5) is 0. The van der Waals surface area contributed by atoms with Crippen molar-refractivity contribution in [1.29, 1.82) is 0 Å². The summed E-state index contributed by atoms with van der Waals surface area (Å²) in [5.74, 6) is 0. The zero-order valence-electron chi connectivity index (χ0n) is 13.7. The van der Waals surface area contributed by atoms with Gasteiger partial charge in [0.15, 0.2) is 0 Å². The van der Waals surface area contributed by atoms with Crippen LogP contribution >= 0.6 is 0 Å². The van der Waals surface area contributed by atoms with Gasteiger partial charge in [-0.1, -0.05) is 81.4 Å². The maximum atomic E-state index is 2.46. The third kappa shape index (κ3) is 3.64. The molecule has 21 heavy (non-hydrogen) atoms. The van der Waals surface area contributed by atoms with E-state index >= 15 is 0 Å². The van der Waals surface area contributed by atoms with Crippen LogP contribution < -0.4 is 0 Å². The molecule has 0 aromatic heterocycles. The van der Waals surface area contributed by atoms with E-state index in [4.69, 9.17) is 0 Å². The third-order valence-corrected chi connectivity index (χ3v) is 4.06. The summed E-state index contributed by atoms with van der Waals surface area (Å²) in [5.41, 5.74) is 6.09. The summed E-state index contributed by atoms with van der Waals surface area (Å²) in [7, 11) is 0. The van der Waals surface area contributed by atoms with Crippen LogP contribution in [-0.4, -0.2) is 0 Å². The Labute approximate surface area is 129 Å². The summed E-state index contributed by atoms with van der Waals surface area (Å²) in [5, 5.41) is 0. The Kier molecular flexibility index (Phi) is 5.01. The van der Waals surface area contributed by atoms with Crippen LogP contribution in [0.15, 0.2) is 60.7 Å². The summed E-state index contributed by atoms with van der Waals surface area (Å²) >= 11 is 0.